The molecule has 2 aromatic heterocycles. The number of aliphatic hydroxyl groups is 1. The van der Waals surface area contributed by atoms with Gasteiger partial charge in [0.05, 0.1) is 25.8 Å². The number of aromatic nitrogens is 3. The topological polar surface area (TPSA) is 112 Å². The Hall–Kier alpha value is -2.80. The number of benzene rings is 1. The summed E-state index contributed by atoms with van der Waals surface area (Å²) in [7, 11) is 1.60. The largest absolute Gasteiger partial charge is 0.496 e. The molecule has 0 bridgehead atoms. The van der Waals surface area contributed by atoms with E-state index in [0.717, 1.165) is 16.6 Å². The standard InChI is InChI=1S/C15H17N5O2.C2H6/c1-22-12-6-9(8-21)2-3-10(12)7-20-5-4-11-13(20)14(16)19-15(17)18-11;1-2/h2-6,21H,7-8H2,1H3,(H4,16,17,18,19);1-2H3. The quantitative estimate of drug-likeness (QED) is 0.676. The molecule has 0 aliphatic carbocycles. The van der Waals surface area contributed by atoms with Crippen molar-refractivity contribution in [3.05, 3.63) is 41.6 Å². The number of anilines is 2. The predicted molar refractivity (Wildman–Crippen MR) is 95.7 cm³/mol. The highest BCUT2D eigenvalue weighted by molar-refractivity contribution is 5.86. The average molecular weight is 329 g/mol. The molecule has 3 aromatic rings. The van der Waals surface area contributed by atoms with Gasteiger partial charge in [-0.25, -0.2) is 4.98 Å². The maximum Gasteiger partial charge on any atom is 0.222 e. The second-order valence-electron chi connectivity index (χ2n) is 4.95. The number of hydrogen-bond acceptors (Lipinski definition) is 6. The Labute approximate surface area is 140 Å². The first-order valence-electron chi connectivity index (χ1n) is 7.77. The van der Waals surface area contributed by atoms with Crippen LogP contribution < -0.4 is 16.2 Å². The van der Waals surface area contributed by atoms with Gasteiger partial charge in [0.2, 0.25) is 5.95 Å². The Morgan fingerprint density at radius 2 is 1.92 bits per heavy atom. The zero-order chi connectivity index (χ0) is 17.7. The van der Waals surface area contributed by atoms with E-state index in [-0.39, 0.29) is 12.6 Å². The summed E-state index contributed by atoms with van der Waals surface area (Å²) in [5.41, 5.74) is 14.8. The number of nitrogens with two attached hydrogens (primary N) is 2. The molecular formula is C17H23N5O2. The SMILES string of the molecule is CC.COc1cc(CO)ccc1Cn1ccc2nc(N)nc(N)c21. The van der Waals surface area contributed by atoms with Crippen LogP contribution in [0.5, 0.6) is 5.75 Å². The van der Waals surface area contributed by atoms with Crippen LogP contribution in [0.25, 0.3) is 11.0 Å². The van der Waals surface area contributed by atoms with E-state index in [4.69, 9.17) is 16.2 Å². The van der Waals surface area contributed by atoms with Gasteiger partial charge in [-0.3, -0.25) is 0 Å². The fourth-order valence-corrected chi connectivity index (χ4v) is 2.49. The van der Waals surface area contributed by atoms with Gasteiger partial charge < -0.3 is 25.9 Å². The molecule has 0 saturated heterocycles. The van der Waals surface area contributed by atoms with Crippen molar-refractivity contribution in [2.24, 2.45) is 0 Å². The molecule has 7 nitrogen and oxygen atoms in total. The van der Waals surface area contributed by atoms with Gasteiger partial charge in [-0.05, 0) is 17.7 Å². The molecule has 3 rings (SSSR count). The van der Waals surface area contributed by atoms with Gasteiger partial charge in [0.1, 0.15) is 11.3 Å². The number of aliphatic hydroxyl groups excluding tert-OH is 1. The molecule has 0 atom stereocenters. The van der Waals surface area contributed by atoms with Crippen LogP contribution in [0.2, 0.25) is 0 Å². The Kier molecular flexibility index (Phi) is 5.59. The van der Waals surface area contributed by atoms with Gasteiger partial charge in [0, 0.05) is 11.8 Å². The lowest BCUT2D eigenvalue weighted by Crippen LogP contribution is -2.05. The molecule has 0 aliphatic rings. The molecular weight excluding hydrogens is 306 g/mol. The summed E-state index contributed by atoms with van der Waals surface area (Å²) in [5, 5.41) is 9.20. The Morgan fingerprint density at radius 1 is 1.17 bits per heavy atom. The molecule has 7 heteroatoms. The van der Waals surface area contributed by atoms with E-state index in [1.165, 1.54) is 0 Å². The third kappa shape index (κ3) is 3.41. The molecule has 1 aromatic carbocycles. The van der Waals surface area contributed by atoms with Crippen LogP contribution in [-0.4, -0.2) is 26.8 Å². The van der Waals surface area contributed by atoms with Crippen molar-refractivity contribution < 1.29 is 9.84 Å². The van der Waals surface area contributed by atoms with Crippen LogP contribution >= 0.6 is 0 Å². The Balaban J connectivity index is 0.00000100. The second kappa shape index (κ2) is 7.65. The molecule has 0 unspecified atom stereocenters. The van der Waals surface area contributed by atoms with Crippen LogP contribution in [-0.2, 0) is 13.2 Å². The van der Waals surface area contributed by atoms with Crippen LogP contribution in [0.3, 0.4) is 0 Å². The first-order chi connectivity index (χ1) is 11.6. The van der Waals surface area contributed by atoms with E-state index in [9.17, 15) is 5.11 Å². The van der Waals surface area contributed by atoms with Crippen molar-refractivity contribution in [2.45, 2.75) is 27.0 Å². The lowest BCUT2D eigenvalue weighted by molar-refractivity contribution is 0.281. The van der Waals surface area contributed by atoms with Gasteiger partial charge in [0.15, 0.2) is 5.82 Å². The summed E-state index contributed by atoms with van der Waals surface area (Å²) < 4.78 is 7.34. The van der Waals surface area contributed by atoms with Crippen LogP contribution in [0.4, 0.5) is 11.8 Å². The number of fused-ring (bicyclic) bond motifs is 1. The van der Waals surface area contributed by atoms with E-state index in [1.54, 1.807) is 7.11 Å². The van der Waals surface area contributed by atoms with E-state index in [2.05, 4.69) is 9.97 Å². The lowest BCUT2D eigenvalue weighted by atomic mass is 10.1. The zero-order valence-electron chi connectivity index (χ0n) is 14.2. The Bertz CT molecular complexity index is 829. The smallest absolute Gasteiger partial charge is 0.222 e. The first kappa shape index (κ1) is 17.6. The molecule has 0 fully saturated rings. The van der Waals surface area contributed by atoms with Crippen LogP contribution in [0, 0.1) is 0 Å². The molecule has 5 N–H and O–H groups in total. The third-order valence-electron chi connectivity index (χ3n) is 3.53. The maximum absolute atomic E-state index is 9.20. The minimum Gasteiger partial charge on any atom is -0.496 e. The third-order valence-corrected chi connectivity index (χ3v) is 3.53. The van der Waals surface area contributed by atoms with Crippen molar-refractivity contribution in [3.8, 4) is 5.75 Å². The highest BCUT2D eigenvalue weighted by Gasteiger charge is 2.11. The molecule has 0 aliphatic heterocycles. The summed E-state index contributed by atoms with van der Waals surface area (Å²) in [6.45, 7) is 4.53. The summed E-state index contributed by atoms with van der Waals surface area (Å²) in [5.74, 6) is 1.22. The Morgan fingerprint density at radius 3 is 2.58 bits per heavy atom. The number of nitrogens with zero attached hydrogens (tertiary/aromatic N) is 3. The van der Waals surface area contributed by atoms with Gasteiger partial charge in [-0.1, -0.05) is 26.0 Å². The fourth-order valence-electron chi connectivity index (χ4n) is 2.49. The minimum absolute atomic E-state index is 0.0246. The normalized spacial score (nSPS) is 10.3. The van der Waals surface area contributed by atoms with Crippen molar-refractivity contribution >= 4 is 22.8 Å². The first-order valence-corrected chi connectivity index (χ1v) is 7.77. The predicted octanol–water partition coefficient (Wildman–Crippen LogP) is 2.17. The van der Waals surface area contributed by atoms with Gasteiger partial charge in [-0.15, -0.1) is 0 Å². The monoisotopic (exact) mass is 329 g/mol. The number of nitrogen functional groups attached to an aromatic ring is 2. The fraction of sp³-hybridized carbons (Fsp3) is 0.294. The highest BCUT2D eigenvalue weighted by atomic mass is 16.5. The van der Waals surface area contributed by atoms with Crippen molar-refractivity contribution in [3.63, 3.8) is 0 Å². The minimum atomic E-state index is -0.0246. The van der Waals surface area contributed by atoms with Gasteiger partial charge >= 0.3 is 0 Å². The number of hydrogen-bond donors (Lipinski definition) is 3. The summed E-state index contributed by atoms with van der Waals surface area (Å²) in [4.78, 5) is 8.18. The molecule has 24 heavy (non-hydrogen) atoms. The van der Waals surface area contributed by atoms with Crippen LogP contribution in [0.15, 0.2) is 30.5 Å². The lowest BCUT2D eigenvalue weighted by Gasteiger charge is -2.12. The number of rotatable bonds is 4. The highest BCUT2D eigenvalue weighted by Crippen LogP contribution is 2.25. The number of methoxy groups -OCH3 is 1. The van der Waals surface area contributed by atoms with Crippen molar-refractivity contribution in [1.82, 2.24) is 14.5 Å². The van der Waals surface area contributed by atoms with Crippen molar-refractivity contribution in [2.75, 3.05) is 18.6 Å². The summed E-state index contributed by atoms with van der Waals surface area (Å²) in [6, 6.07) is 7.45. The molecule has 128 valence electrons. The zero-order valence-corrected chi connectivity index (χ0v) is 14.2. The van der Waals surface area contributed by atoms with E-state index in [1.807, 2.05) is 48.9 Å². The number of ether oxygens (including phenoxy) is 1. The second-order valence-corrected chi connectivity index (χ2v) is 4.95. The molecule has 0 spiro atoms. The van der Waals surface area contributed by atoms with Gasteiger partial charge in [0.25, 0.3) is 0 Å². The molecule has 0 saturated carbocycles. The molecule has 0 amide bonds. The van der Waals surface area contributed by atoms with Crippen LogP contribution in [0.1, 0.15) is 25.0 Å². The van der Waals surface area contributed by atoms with E-state index >= 15 is 0 Å². The summed E-state index contributed by atoms with van der Waals surface area (Å²) >= 11 is 0. The summed E-state index contributed by atoms with van der Waals surface area (Å²) in [6.07, 6.45) is 1.88. The van der Waals surface area contributed by atoms with Crippen molar-refractivity contribution in [1.29, 1.82) is 0 Å². The molecule has 2 heterocycles. The van der Waals surface area contributed by atoms with E-state index < -0.39 is 0 Å². The molecule has 0 radical (unpaired) electrons. The van der Waals surface area contributed by atoms with E-state index in [0.29, 0.717) is 23.6 Å². The van der Waals surface area contributed by atoms with Gasteiger partial charge in [-0.2, -0.15) is 4.98 Å². The maximum atomic E-state index is 9.20. The average Bonchev–Trinajstić information content (AvgIpc) is 3.00.